The summed E-state index contributed by atoms with van der Waals surface area (Å²) in [5.74, 6) is -1.16. The second kappa shape index (κ2) is 9.73. The number of halogens is 1. The molecule has 9 nitrogen and oxygen atoms in total. The van der Waals surface area contributed by atoms with Crippen LogP contribution < -0.4 is 5.32 Å². The number of esters is 1. The number of morpholine rings is 1. The molecule has 0 spiro atoms. The standard InChI is InChI=1S/C20H22ClN3O6S/c1-13-10-24(11-14(2)30-13)31(27,28)17-5-3-4-15(8-17)20(26)29-12-19(25)23-18-7-6-16(21)9-22-18/h3-9,13-14H,10-12H2,1-2H3,(H,22,23,25). The molecule has 2 atom stereocenters. The summed E-state index contributed by atoms with van der Waals surface area (Å²) < 4.78 is 37.9. The van der Waals surface area contributed by atoms with Gasteiger partial charge in [-0.25, -0.2) is 18.2 Å². The first-order chi connectivity index (χ1) is 14.6. The molecule has 1 aromatic heterocycles. The predicted octanol–water partition coefficient (Wildman–Crippen LogP) is 2.33. The van der Waals surface area contributed by atoms with Crippen LogP contribution in [0.25, 0.3) is 0 Å². The number of anilines is 1. The number of rotatable bonds is 6. The minimum absolute atomic E-state index is 0.0212. The zero-order valence-corrected chi connectivity index (χ0v) is 18.5. The van der Waals surface area contributed by atoms with Gasteiger partial charge in [-0.2, -0.15) is 4.31 Å². The van der Waals surface area contributed by atoms with Crippen molar-refractivity contribution in [2.45, 2.75) is 31.0 Å². The molecule has 2 unspecified atom stereocenters. The van der Waals surface area contributed by atoms with E-state index in [9.17, 15) is 18.0 Å². The van der Waals surface area contributed by atoms with E-state index in [1.807, 2.05) is 0 Å². The molecule has 0 radical (unpaired) electrons. The van der Waals surface area contributed by atoms with Crippen LogP contribution >= 0.6 is 11.6 Å². The molecule has 166 valence electrons. The molecule has 0 saturated carbocycles. The van der Waals surface area contributed by atoms with Crippen molar-refractivity contribution in [2.75, 3.05) is 25.0 Å². The third-order valence-electron chi connectivity index (χ3n) is 4.42. The lowest BCUT2D eigenvalue weighted by Gasteiger charge is -2.34. The topological polar surface area (TPSA) is 115 Å². The van der Waals surface area contributed by atoms with E-state index in [0.29, 0.717) is 5.02 Å². The summed E-state index contributed by atoms with van der Waals surface area (Å²) in [6.07, 6.45) is 0.895. The van der Waals surface area contributed by atoms with Crippen molar-refractivity contribution < 1.29 is 27.5 Å². The van der Waals surface area contributed by atoms with Crippen molar-refractivity contribution in [3.8, 4) is 0 Å². The average Bonchev–Trinajstić information content (AvgIpc) is 2.73. The maximum Gasteiger partial charge on any atom is 0.338 e. The van der Waals surface area contributed by atoms with Gasteiger partial charge >= 0.3 is 5.97 Å². The van der Waals surface area contributed by atoms with Gasteiger partial charge in [0.05, 0.1) is 27.7 Å². The van der Waals surface area contributed by atoms with Gasteiger partial charge in [-0.3, -0.25) is 4.79 Å². The molecule has 0 aliphatic carbocycles. The molecule has 31 heavy (non-hydrogen) atoms. The van der Waals surface area contributed by atoms with E-state index >= 15 is 0 Å². The number of ether oxygens (including phenoxy) is 2. The Morgan fingerprint density at radius 1 is 1.23 bits per heavy atom. The smallest absolute Gasteiger partial charge is 0.338 e. The molecule has 11 heteroatoms. The molecule has 1 fully saturated rings. The fourth-order valence-corrected chi connectivity index (χ4v) is 4.85. The maximum absolute atomic E-state index is 13.0. The molecule has 1 aromatic carbocycles. The van der Waals surface area contributed by atoms with Crippen LogP contribution in [-0.2, 0) is 24.3 Å². The first-order valence-electron chi connectivity index (χ1n) is 9.49. The first kappa shape index (κ1) is 23.1. The highest BCUT2D eigenvalue weighted by Crippen LogP contribution is 2.22. The Labute approximate surface area is 185 Å². The van der Waals surface area contributed by atoms with Gasteiger partial charge < -0.3 is 14.8 Å². The number of benzene rings is 1. The highest BCUT2D eigenvalue weighted by atomic mass is 35.5. The summed E-state index contributed by atoms with van der Waals surface area (Å²) in [5, 5.41) is 2.88. The molecule has 1 saturated heterocycles. The van der Waals surface area contributed by atoms with Crippen LogP contribution in [-0.4, -0.2) is 61.5 Å². The number of aromatic nitrogens is 1. The third kappa shape index (κ3) is 6.01. The number of amides is 1. The first-order valence-corrected chi connectivity index (χ1v) is 11.3. The van der Waals surface area contributed by atoms with E-state index in [4.69, 9.17) is 21.1 Å². The van der Waals surface area contributed by atoms with Crippen LogP contribution in [0.1, 0.15) is 24.2 Å². The molecule has 1 aliphatic heterocycles. The van der Waals surface area contributed by atoms with Crippen LogP contribution in [0, 0.1) is 0 Å². The molecule has 1 aliphatic rings. The highest BCUT2D eigenvalue weighted by Gasteiger charge is 2.32. The minimum Gasteiger partial charge on any atom is -0.452 e. The third-order valence-corrected chi connectivity index (χ3v) is 6.47. The van der Waals surface area contributed by atoms with E-state index in [-0.39, 0.29) is 41.6 Å². The molecular formula is C20H22ClN3O6S. The summed E-state index contributed by atoms with van der Waals surface area (Å²) in [6, 6.07) is 8.58. The average molecular weight is 468 g/mol. The molecule has 0 bridgehead atoms. The van der Waals surface area contributed by atoms with Gasteiger partial charge in [0, 0.05) is 19.3 Å². The zero-order valence-electron chi connectivity index (χ0n) is 16.9. The Bertz CT molecular complexity index is 1050. The van der Waals surface area contributed by atoms with Gasteiger partial charge in [-0.05, 0) is 44.2 Å². The Morgan fingerprint density at radius 3 is 2.58 bits per heavy atom. The van der Waals surface area contributed by atoms with Crippen molar-refractivity contribution in [2.24, 2.45) is 0 Å². The van der Waals surface area contributed by atoms with Crippen LogP contribution in [0.3, 0.4) is 0 Å². The fraction of sp³-hybridized carbons (Fsp3) is 0.350. The number of nitrogens with one attached hydrogen (secondary N) is 1. The lowest BCUT2D eigenvalue weighted by molar-refractivity contribution is -0.119. The second-order valence-corrected chi connectivity index (χ2v) is 9.47. The summed E-state index contributed by atoms with van der Waals surface area (Å²) in [4.78, 5) is 28.2. The van der Waals surface area contributed by atoms with E-state index < -0.39 is 28.5 Å². The normalized spacial score (nSPS) is 19.6. The van der Waals surface area contributed by atoms with Gasteiger partial charge in [-0.15, -0.1) is 0 Å². The lowest BCUT2D eigenvalue weighted by atomic mass is 10.2. The Hall–Kier alpha value is -2.53. The number of sulfonamides is 1. The van der Waals surface area contributed by atoms with Crippen molar-refractivity contribution in [1.29, 1.82) is 0 Å². The molecule has 2 heterocycles. The monoisotopic (exact) mass is 467 g/mol. The molecular weight excluding hydrogens is 446 g/mol. The van der Waals surface area contributed by atoms with Crippen LogP contribution in [0.5, 0.6) is 0 Å². The number of pyridine rings is 1. The summed E-state index contributed by atoms with van der Waals surface area (Å²) >= 11 is 5.73. The Morgan fingerprint density at radius 2 is 1.94 bits per heavy atom. The molecule has 2 aromatic rings. The number of hydrogen-bond donors (Lipinski definition) is 1. The maximum atomic E-state index is 13.0. The minimum atomic E-state index is -3.81. The molecule has 3 rings (SSSR count). The number of nitrogens with zero attached hydrogens (tertiary/aromatic N) is 2. The predicted molar refractivity (Wildman–Crippen MR) is 113 cm³/mol. The summed E-state index contributed by atoms with van der Waals surface area (Å²) in [5.41, 5.74) is 0.0212. The lowest BCUT2D eigenvalue weighted by Crippen LogP contribution is -2.48. The van der Waals surface area contributed by atoms with E-state index in [2.05, 4.69) is 10.3 Å². The number of hydrogen-bond acceptors (Lipinski definition) is 7. The van der Waals surface area contributed by atoms with E-state index in [1.165, 1.54) is 40.8 Å². The van der Waals surface area contributed by atoms with Gasteiger partial charge in [-0.1, -0.05) is 17.7 Å². The van der Waals surface area contributed by atoms with E-state index in [0.717, 1.165) is 0 Å². The van der Waals surface area contributed by atoms with Crippen molar-refractivity contribution in [1.82, 2.24) is 9.29 Å². The molecule has 1 amide bonds. The van der Waals surface area contributed by atoms with Crippen LogP contribution in [0.4, 0.5) is 5.82 Å². The van der Waals surface area contributed by atoms with Crippen molar-refractivity contribution in [3.63, 3.8) is 0 Å². The quantitative estimate of drug-likeness (QED) is 0.648. The second-order valence-electron chi connectivity index (χ2n) is 7.09. The van der Waals surface area contributed by atoms with Crippen molar-refractivity contribution in [3.05, 3.63) is 53.2 Å². The summed E-state index contributed by atoms with van der Waals surface area (Å²) in [7, 11) is -3.81. The van der Waals surface area contributed by atoms with Crippen LogP contribution in [0.15, 0.2) is 47.5 Å². The van der Waals surface area contributed by atoms with Crippen molar-refractivity contribution >= 4 is 39.3 Å². The number of carbonyl (C=O) groups is 2. The zero-order chi connectivity index (χ0) is 22.6. The van der Waals surface area contributed by atoms with Crippen LogP contribution in [0.2, 0.25) is 5.02 Å². The fourth-order valence-electron chi connectivity index (χ4n) is 3.10. The number of carbonyl (C=O) groups excluding carboxylic acids is 2. The van der Waals surface area contributed by atoms with Gasteiger partial charge in [0.15, 0.2) is 6.61 Å². The van der Waals surface area contributed by atoms with E-state index in [1.54, 1.807) is 19.9 Å². The van der Waals surface area contributed by atoms with Gasteiger partial charge in [0.25, 0.3) is 5.91 Å². The Kier molecular flexibility index (Phi) is 7.26. The SMILES string of the molecule is CC1CN(S(=O)(=O)c2cccc(C(=O)OCC(=O)Nc3ccc(Cl)cn3)c2)CC(C)O1. The largest absolute Gasteiger partial charge is 0.452 e. The summed E-state index contributed by atoms with van der Waals surface area (Å²) in [6.45, 7) is 3.49. The highest BCUT2D eigenvalue weighted by molar-refractivity contribution is 7.89. The Balaban J connectivity index is 1.64. The molecule has 1 N–H and O–H groups in total. The van der Waals surface area contributed by atoms with Gasteiger partial charge in [0.1, 0.15) is 5.82 Å². The van der Waals surface area contributed by atoms with Gasteiger partial charge in [0.2, 0.25) is 10.0 Å².